The summed E-state index contributed by atoms with van der Waals surface area (Å²) in [6, 6.07) is 0. The number of aryl methyl sites for hydroxylation is 1. The molecule has 25 heavy (non-hydrogen) atoms. The van der Waals surface area contributed by atoms with Gasteiger partial charge >= 0.3 is 0 Å². The molecule has 0 spiro atoms. The molecule has 2 aliphatic heterocycles. The Morgan fingerprint density at radius 3 is 2.56 bits per heavy atom. The molecule has 1 aromatic rings. The van der Waals surface area contributed by atoms with Crippen molar-refractivity contribution in [3.63, 3.8) is 0 Å². The van der Waals surface area contributed by atoms with Crippen LogP contribution in [0, 0.1) is 18.8 Å². The summed E-state index contributed by atoms with van der Waals surface area (Å²) in [5, 5.41) is 0. The standard InChI is InChI=1S/C19H24N4O2/c1-3-7-17(24)23-11-6-8-15(13-23)18-20-12-16(14(2)21-18)19(25)22-9-4-5-10-22/h12,15H,4-6,8-11,13H2,1-2H3. The quantitative estimate of drug-likeness (QED) is 0.769. The zero-order valence-electron chi connectivity index (χ0n) is 14.9. The monoisotopic (exact) mass is 340 g/mol. The summed E-state index contributed by atoms with van der Waals surface area (Å²) >= 11 is 0. The summed E-state index contributed by atoms with van der Waals surface area (Å²) in [7, 11) is 0. The summed E-state index contributed by atoms with van der Waals surface area (Å²) in [6.45, 7) is 6.49. The molecule has 2 fully saturated rings. The highest BCUT2D eigenvalue weighted by atomic mass is 16.2. The number of carbonyl (C=O) groups excluding carboxylic acids is 2. The predicted molar refractivity (Wildman–Crippen MR) is 93.9 cm³/mol. The van der Waals surface area contributed by atoms with E-state index in [1.54, 1.807) is 18.0 Å². The molecule has 1 atom stereocenters. The fraction of sp³-hybridized carbons (Fsp3) is 0.579. The zero-order chi connectivity index (χ0) is 17.8. The van der Waals surface area contributed by atoms with Gasteiger partial charge in [-0.05, 0) is 45.5 Å². The van der Waals surface area contributed by atoms with E-state index in [4.69, 9.17) is 0 Å². The molecule has 3 rings (SSSR count). The third-order valence-electron chi connectivity index (χ3n) is 4.93. The molecule has 6 nitrogen and oxygen atoms in total. The van der Waals surface area contributed by atoms with E-state index in [9.17, 15) is 9.59 Å². The maximum Gasteiger partial charge on any atom is 0.298 e. The maximum absolute atomic E-state index is 12.5. The van der Waals surface area contributed by atoms with Crippen molar-refractivity contribution < 1.29 is 9.59 Å². The number of likely N-dealkylation sites (tertiary alicyclic amines) is 2. The van der Waals surface area contributed by atoms with Crippen LogP contribution in [0.4, 0.5) is 0 Å². The first-order valence-electron chi connectivity index (χ1n) is 8.94. The van der Waals surface area contributed by atoms with Crippen LogP contribution in [0.1, 0.15) is 60.4 Å². The number of amides is 2. The first-order valence-corrected chi connectivity index (χ1v) is 8.94. The average Bonchev–Trinajstić information content (AvgIpc) is 3.16. The summed E-state index contributed by atoms with van der Waals surface area (Å²) in [5.74, 6) is 5.98. The van der Waals surface area contributed by atoms with Crippen LogP contribution in [-0.4, -0.2) is 57.8 Å². The van der Waals surface area contributed by atoms with E-state index in [0.717, 1.165) is 56.8 Å². The number of hydrogen-bond acceptors (Lipinski definition) is 4. The highest BCUT2D eigenvalue weighted by molar-refractivity contribution is 5.95. The summed E-state index contributed by atoms with van der Waals surface area (Å²) < 4.78 is 0. The van der Waals surface area contributed by atoms with Crippen LogP contribution in [0.15, 0.2) is 6.20 Å². The van der Waals surface area contributed by atoms with Gasteiger partial charge in [0.2, 0.25) is 0 Å². The molecule has 2 saturated heterocycles. The molecule has 2 aliphatic rings. The van der Waals surface area contributed by atoms with Crippen molar-refractivity contribution >= 4 is 11.8 Å². The number of nitrogens with zero attached hydrogens (tertiary/aromatic N) is 4. The molecule has 0 radical (unpaired) electrons. The van der Waals surface area contributed by atoms with Crippen LogP contribution < -0.4 is 0 Å². The van der Waals surface area contributed by atoms with E-state index < -0.39 is 0 Å². The minimum Gasteiger partial charge on any atom is -0.339 e. The van der Waals surface area contributed by atoms with Gasteiger partial charge in [-0.1, -0.05) is 5.92 Å². The van der Waals surface area contributed by atoms with Gasteiger partial charge in [-0.3, -0.25) is 9.59 Å². The Labute approximate surface area is 148 Å². The highest BCUT2D eigenvalue weighted by Gasteiger charge is 2.27. The fourth-order valence-corrected chi connectivity index (χ4v) is 3.54. The number of aromatic nitrogens is 2. The Balaban J connectivity index is 1.74. The Morgan fingerprint density at radius 1 is 1.16 bits per heavy atom. The van der Waals surface area contributed by atoms with Gasteiger partial charge < -0.3 is 9.80 Å². The van der Waals surface area contributed by atoms with Gasteiger partial charge in [0.1, 0.15) is 5.82 Å². The molecule has 0 saturated carbocycles. The molecule has 6 heteroatoms. The summed E-state index contributed by atoms with van der Waals surface area (Å²) in [4.78, 5) is 37.2. The second kappa shape index (κ2) is 7.64. The lowest BCUT2D eigenvalue weighted by atomic mass is 9.96. The van der Waals surface area contributed by atoms with Gasteiger partial charge in [0, 0.05) is 38.3 Å². The lowest BCUT2D eigenvalue weighted by Gasteiger charge is -2.30. The lowest BCUT2D eigenvalue weighted by molar-refractivity contribution is -0.126. The van der Waals surface area contributed by atoms with Crippen LogP contribution in [-0.2, 0) is 4.79 Å². The molecule has 0 aromatic carbocycles. The second-order valence-electron chi connectivity index (χ2n) is 6.69. The first-order chi connectivity index (χ1) is 12.1. The number of carbonyl (C=O) groups is 2. The largest absolute Gasteiger partial charge is 0.339 e. The molecule has 3 heterocycles. The molecule has 0 aliphatic carbocycles. The molecular weight excluding hydrogens is 316 g/mol. The van der Waals surface area contributed by atoms with E-state index in [-0.39, 0.29) is 17.7 Å². The van der Waals surface area contributed by atoms with Crippen LogP contribution >= 0.6 is 0 Å². The third kappa shape index (κ3) is 3.81. The van der Waals surface area contributed by atoms with Crippen molar-refractivity contribution in [1.82, 2.24) is 19.8 Å². The van der Waals surface area contributed by atoms with Crippen LogP contribution in [0.3, 0.4) is 0 Å². The molecule has 1 unspecified atom stereocenters. The predicted octanol–water partition coefficient (Wildman–Crippen LogP) is 1.75. The first kappa shape index (κ1) is 17.4. The van der Waals surface area contributed by atoms with Gasteiger partial charge in [-0.25, -0.2) is 9.97 Å². The summed E-state index contributed by atoms with van der Waals surface area (Å²) in [5.41, 5.74) is 1.31. The second-order valence-corrected chi connectivity index (χ2v) is 6.69. The third-order valence-corrected chi connectivity index (χ3v) is 4.93. The molecule has 1 aromatic heterocycles. The fourth-order valence-electron chi connectivity index (χ4n) is 3.54. The Morgan fingerprint density at radius 2 is 1.88 bits per heavy atom. The van der Waals surface area contributed by atoms with Gasteiger partial charge in [0.15, 0.2) is 0 Å². The van der Waals surface area contributed by atoms with Crippen LogP contribution in [0.25, 0.3) is 0 Å². The van der Waals surface area contributed by atoms with Gasteiger partial charge in [0.05, 0.1) is 11.3 Å². The summed E-state index contributed by atoms with van der Waals surface area (Å²) in [6.07, 6.45) is 5.65. The minimum absolute atomic E-state index is 0.0280. The van der Waals surface area contributed by atoms with Gasteiger partial charge in [0.25, 0.3) is 11.8 Å². The van der Waals surface area contributed by atoms with E-state index in [1.807, 2.05) is 11.8 Å². The number of piperidine rings is 1. The lowest BCUT2D eigenvalue weighted by Crippen LogP contribution is -2.39. The van der Waals surface area contributed by atoms with Crippen molar-refractivity contribution in [1.29, 1.82) is 0 Å². The number of rotatable bonds is 2. The van der Waals surface area contributed by atoms with E-state index in [1.165, 1.54) is 0 Å². The van der Waals surface area contributed by atoms with Crippen molar-refractivity contribution in [2.75, 3.05) is 26.2 Å². The molecule has 0 bridgehead atoms. The smallest absolute Gasteiger partial charge is 0.298 e. The van der Waals surface area contributed by atoms with E-state index >= 15 is 0 Å². The Hall–Kier alpha value is -2.42. The van der Waals surface area contributed by atoms with Crippen molar-refractivity contribution in [3.8, 4) is 11.8 Å². The normalized spacial score (nSPS) is 20.2. The SMILES string of the molecule is CC#CC(=O)N1CCCC(c2ncc(C(=O)N3CCCC3)c(C)n2)C1. The van der Waals surface area contributed by atoms with Crippen LogP contribution in [0.2, 0.25) is 0 Å². The average molecular weight is 340 g/mol. The Kier molecular flexibility index (Phi) is 5.32. The van der Waals surface area contributed by atoms with Crippen LogP contribution in [0.5, 0.6) is 0 Å². The van der Waals surface area contributed by atoms with E-state index in [2.05, 4.69) is 21.8 Å². The molecule has 132 valence electrons. The van der Waals surface area contributed by atoms with Crippen molar-refractivity contribution in [2.45, 2.75) is 45.4 Å². The van der Waals surface area contributed by atoms with Crippen molar-refractivity contribution in [2.24, 2.45) is 0 Å². The molecule has 2 amide bonds. The molecule has 0 N–H and O–H groups in total. The van der Waals surface area contributed by atoms with Gasteiger partial charge in [-0.2, -0.15) is 0 Å². The number of hydrogen-bond donors (Lipinski definition) is 0. The maximum atomic E-state index is 12.5. The highest BCUT2D eigenvalue weighted by Crippen LogP contribution is 2.25. The van der Waals surface area contributed by atoms with E-state index in [0.29, 0.717) is 12.1 Å². The van der Waals surface area contributed by atoms with Crippen molar-refractivity contribution in [3.05, 3.63) is 23.3 Å². The zero-order valence-corrected chi connectivity index (χ0v) is 14.9. The Bertz CT molecular complexity index is 729. The molecular formula is C19H24N4O2. The minimum atomic E-state index is -0.134. The van der Waals surface area contributed by atoms with Gasteiger partial charge in [-0.15, -0.1) is 0 Å². The topological polar surface area (TPSA) is 66.4 Å².